The van der Waals surface area contributed by atoms with Crippen molar-refractivity contribution < 1.29 is 14.6 Å². The Morgan fingerprint density at radius 2 is 1.86 bits per heavy atom. The molecule has 0 radical (unpaired) electrons. The lowest BCUT2D eigenvalue weighted by atomic mass is 9.97. The van der Waals surface area contributed by atoms with Gasteiger partial charge in [0.25, 0.3) is 5.91 Å². The number of rotatable bonds is 7. The average Bonchev–Trinajstić information content (AvgIpc) is 2.73. The van der Waals surface area contributed by atoms with Crippen molar-refractivity contribution in [2.24, 2.45) is 0 Å². The lowest BCUT2D eigenvalue weighted by Gasteiger charge is -2.17. The molecule has 4 nitrogen and oxygen atoms in total. The van der Waals surface area contributed by atoms with E-state index in [1.807, 2.05) is 37.3 Å². The molecule has 1 unspecified atom stereocenters. The number of carbonyl (C=O) groups excluding carboxylic acids is 1. The molecule has 0 aliphatic rings. The smallest absolute Gasteiger partial charge is 0.259 e. The topological polar surface area (TPSA) is 58.6 Å². The molecule has 0 saturated heterocycles. The number of aromatic hydroxyl groups is 1. The Balaban J connectivity index is 1.72. The van der Waals surface area contributed by atoms with E-state index in [1.165, 1.54) is 23.8 Å². The van der Waals surface area contributed by atoms with Crippen LogP contribution in [-0.2, 0) is 0 Å². The zero-order valence-corrected chi connectivity index (χ0v) is 17.2. The van der Waals surface area contributed by atoms with Crippen molar-refractivity contribution in [3.63, 3.8) is 0 Å². The molecule has 1 atom stereocenters. The van der Waals surface area contributed by atoms with Gasteiger partial charge in [-0.05, 0) is 48.7 Å². The van der Waals surface area contributed by atoms with E-state index in [9.17, 15) is 9.90 Å². The number of halogens is 1. The summed E-state index contributed by atoms with van der Waals surface area (Å²) in [5.74, 6) is 0.418. The molecule has 0 aliphatic carbocycles. The standard InChI is InChI=1S/C24H24ClNO3/c1-3-17(18-7-5-4-6-8-18)15-29-20-11-9-16(2)22(14-20)26-24(28)21-13-19(25)10-12-23(21)27/h4-14,17,27H,3,15H2,1-2H3,(H,26,28). The summed E-state index contributed by atoms with van der Waals surface area (Å²) in [5, 5.41) is 13.2. The van der Waals surface area contributed by atoms with Crippen molar-refractivity contribution in [1.29, 1.82) is 0 Å². The van der Waals surface area contributed by atoms with Gasteiger partial charge in [0, 0.05) is 22.7 Å². The second-order valence-electron chi connectivity index (χ2n) is 6.92. The van der Waals surface area contributed by atoms with Crippen LogP contribution < -0.4 is 10.1 Å². The van der Waals surface area contributed by atoms with Gasteiger partial charge in [0.2, 0.25) is 0 Å². The van der Waals surface area contributed by atoms with Crippen LogP contribution in [0.15, 0.2) is 66.7 Å². The van der Waals surface area contributed by atoms with E-state index >= 15 is 0 Å². The van der Waals surface area contributed by atoms with Gasteiger partial charge in [-0.2, -0.15) is 0 Å². The molecule has 0 heterocycles. The number of aryl methyl sites for hydroxylation is 1. The quantitative estimate of drug-likeness (QED) is 0.490. The Labute approximate surface area is 176 Å². The molecule has 0 bridgehead atoms. The van der Waals surface area contributed by atoms with E-state index in [1.54, 1.807) is 6.07 Å². The first-order valence-corrected chi connectivity index (χ1v) is 9.94. The monoisotopic (exact) mass is 409 g/mol. The number of ether oxygens (including phenoxy) is 1. The molecule has 3 aromatic carbocycles. The van der Waals surface area contributed by atoms with Crippen molar-refractivity contribution in [2.45, 2.75) is 26.2 Å². The Kier molecular flexibility index (Phi) is 6.78. The van der Waals surface area contributed by atoms with E-state index in [-0.39, 0.29) is 11.3 Å². The van der Waals surface area contributed by atoms with Crippen molar-refractivity contribution in [3.05, 3.63) is 88.4 Å². The molecule has 0 fully saturated rings. The number of phenols is 1. The van der Waals surface area contributed by atoms with E-state index in [2.05, 4.69) is 24.4 Å². The Bertz CT molecular complexity index is 989. The van der Waals surface area contributed by atoms with Crippen molar-refractivity contribution >= 4 is 23.2 Å². The zero-order chi connectivity index (χ0) is 20.8. The summed E-state index contributed by atoms with van der Waals surface area (Å²) >= 11 is 5.94. The van der Waals surface area contributed by atoms with Crippen LogP contribution in [0.1, 0.15) is 40.7 Å². The van der Waals surface area contributed by atoms with E-state index in [4.69, 9.17) is 16.3 Å². The molecule has 2 N–H and O–H groups in total. The fraction of sp³-hybridized carbons (Fsp3) is 0.208. The van der Waals surface area contributed by atoms with Crippen LogP contribution in [0.3, 0.4) is 0 Å². The van der Waals surface area contributed by atoms with Gasteiger partial charge in [-0.3, -0.25) is 4.79 Å². The fourth-order valence-corrected chi connectivity index (χ4v) is 3.25. The first kappa shape index (κ1) is 20.7. The third kappa shape index (κ3) is 5.30. The van der Waals surface area contributed by atoms with Gasteiger partial charge in [-0.25, -0.2) is 0 Å². The van der Waals surface area contributed by atoms with Crippen LogP contribution in [0.25, 0.3) is 0 Å². The number of nitrogens with one attached hydrogen (secondary N) is 1. The number of benzene rings is 3. The minimum atomic E-state index is -0.430. The predicted octanol–water partition coefficient (Wildman–Crippen LogP) is 6.18. The maximum Gasteiger partial charge on any atom is 0.259 e. The summed E-state index contributed by atoms with van der Waals surface area (Å²) in [6, 6.07) is 20.2. The minimum absolute atomic E-state index is 0.120. The van der Waals surface area contributed by atoms with Gasteiger partial charge in [0.05, 0.1) is 12.2 Å². The number of hydrogen-bond acceptors (Lipinski definition) is 3. The van der Waals surface area contributed by atoms with Gasteiger partial charge in [-0.1, -0.05) is 54.9 Å². The second kappa shape index (κ2) is 9.48. The predicted molar refractivity (Wildman–Crippen MR) is 117 cm³/mol. The highest BCUT2D eigenvalue weighted by Crippen LogP contribution is 2.27. The molecular weight excluding hydrogens is 386 g/mol. The first-order valence-electron chi connectivity index (χ1n) is 9.56. The zero-order valence-electron chi connectivity index (χ0n) is 16.5. The van der Waals surface area contributed by atoms with Gasteiger partial charge in [-0.15, -0.1) is 0 Å². The Morgan fingerprint density at radius 1 is 1.10 bits per heavy atom. The highest BCUT2D eigenvalue weighted by molar-refractivity contribution is 6.31. The SMILES string of the molecule is CCC(COc1ccc(C)c(NC(=O)c2cc(Cl)ccc2O)c1)c1ccccc1. The minimum Gasteiger partial charge on any atom is -0.507 e. The molecule has 0 aliphatic heterocycles. The van der Waals surface area contributed by atoms with Crippen molar-refractivity contribution in [1.82, 2.24) is 0 Å². The number of anilines is 1. The van der Waals surface area contributed by atoms with Gasteiger partial charge < -0.3 is 15.2 Å². The summed E-state index contributed by atoms with van der Waals surface area (Å²) in [6.07, 6.45) is 0.966. The van der Waals surface area contributed by atoms with Crippen LogP contribution >= 0.6 is 11.6 Å². The van der Waals surface area contributed by atoms with E-state index in [0.717, 1.165) is 12.0 Å². The molecular formula is C24H24ClNO3. The number of carbonyl (C=O) groups is 1. The average molecular weight is 410 g/mol. The van der Waals surface area contributed by atoms with Crippen molar-refractivity contribution in [3.8, 4) is 11.5 Å². The van der Waals surface area contributed by atoms with Gasteiger partial charge >= 0.3 is 0 Å². The van der Waals surface area contributed by atoms with Gasteiger partial charge in [0.1, 0.15) is 11.5 Å². The van der Waals surface area contributed by atoms with Crippen LogP contribution in [-0.4, -0.2) is 17.6 Å². The summed E-state index contributed by atoms with van der Waals surface area (Å²) in [6.45, 7) is 4.58. The summed E-state index contributed by atoms with van der Waals surface area (Å²) in [7, 11) is 0. The highest BCUT2D eigenvalue weighted by Gasteiger charge is 2.14. The maximum atomic E-state index is 12.6. The third-order valence-electron chi connectivity index (χ3n) is 4.88. The van der Waals surface area contributed by atoms with Crippen LogP contribution in [0, 0.1) is 6.92 Å². The third-order valence-corrected chi connectivity index (χ3v) is 5.11. The molecule has 3 aromatic rings. The summed E-state index contributed by atoms with van der Waals surface area (Å²) < 4.78 is 6.02. The lowest BCUT2D eigenvalue weighted by molar-refractivity contribution is 0.102. The molecule has 3 rings (SSSR count). The van der Waals surface area contributed by atoms with Crippen molar-refractivity contribution in [2.75, 3.05) is 11.9 Å². The summed E-state index contributed by atoms with van der Waals surface area (Å²) in [4.78, 5) is 12.6. The second-order valence-corrected chi connectivity index (χ2v) is 7.36. The number of hydrogen-bond donors (Lipinski definition) is 2. The lowest BCUT2D eigenvalue weighted by Crippen LogP contribution is -2.14. The molecule has 1 amide bonds. The highest BCUT2D eigenvalue weighted by atomic mass is 35.5. The normalized spacial score (nSPS) is 11.7. The molecule has 29 heavy (non-hydrogen) atoms. The maximum absolute atomic E-state index is 12.6. The van der Waals surface area contributed by atoms with Crippen LogP contribution in [0.2, 0.25) is 5.02 Å². The van der Waals surface area contributed by atoms with Gasteiger partial charge in [0.15, 0.2) is 0 Å². The van der Waals surface area contributed by atoms with E-state index < -0.39 is 5.91 Å². The number of amides is 1. The molecule has 0 saturated carbocycles. The van der Waals surface area contributed by atoms with Crippen LogP contribution in [0.4, 0.5) is 5.69 Å². The fourth-order valence-electron chi connectivity index (χ4n) is 3.08. The van der Waals surface area contributed by atoms with Crippen LogP contribution in [0.5, 0.6) is 11.5 Å². The summed E-state index contributed by atoms with van der Waals surface area (Å²) in [5.41, 5.74) is 2.88. The largest absolute Gasteiger partial charge is 0.507 e. The number of phenolic OH excluding ortho intramolecular Hbond substituents is 1. The molecule has 0 aromatic heterocycles. The van der Waals surface area contributed by atoms with E-state index in [0.29, 0.717) is 29.0 Å². The Morgan fingerprint density at radius 3 is 2.59 bits per heavy atom. The Hall–Kier alpha value is -2.98. The molecule has 150 valence electrons. The first-order chi connectivity index (χ1) is 14.0. The molecule has 0 spiro atoms. The molecule has 5 heteroatoms.